The van der Waals surface area contributed by atoms with E-state index in [4.69, 9.17) is 10.1 Å². The van der Waals surface area contributed by atoms with Gasteiger partial charge in [-0.05, 0) is 13.0 Å². The van der Waals surface area contributed by atoms with Gasteiger partial charge in [0.25, 0.3) is 0 Å². The minimum atomic E-state index is -4.72. The Balaban J connectivity index is 1.64. The van der Waals surface area contributed by atoms with Crippen LogP contribution in [-0.4, -0.2) is 53.4 Å². The van der Waals surface area contributed by atoms with Gasteiger partial charge in [-0.1, -0.05) is 0 Å². The smallest absolute Gasteiger partial charge is 0.432 e. The van der Waals surface area contributed by atoms with E-state index >= 15 is 0 Å². The molecule has 0 amide bonds. The Morgan fingerprint density at radius 1 is 1.54 bits per heavy atom. The number of hydrogen-bond acceptors (Lipinski definition) is 8. The van der Waals surface area contributed by atoms with Crippen LogP contribution in [0.4, 0.5) is 18.3 Å². The van der Waals surface area contributed by atoms with Crippen LogP contribution in [-0.2, 0) is 11.3 Å². The molecule has 2 atom stereocenters. The van der Waals surface area contributed by atoms with E-state index in [1.54, 1.807) is 11.3 Å². The fourth-order valence-corrected chi connectivity index (χ4v) is 3.78. The van der Waals surface area contributed by atoms with E-state index in [1.807, 2.05) is 13.2 Å². The Kier molecular flexibility index (Phi) is 6.04. The van der Waals surface area contributed by atoms with Crippen LogP contribution in [0.15, 0.2) is 35.4 Å². The van der Waals surface area contributed by atoms with Gasteiger partial charge in [0.05, 0.1) is 0 Å². The summed E-state index contributed by atoms with van der Waals surface area (Å²) in [6.45, 7) is 3.44. The Bertz CT molecular complexity index is 816. The molecule has 1 fully saturated rings. The summed E-state index contributed by atoms with van der Waals surface area (Å²) < 4.78 is 43.9. The zero-order valence-corrected chi connectivity index (χ0v) is 16.2. The molecule has 152 valence electrons. The fraction of sp³-hybridized carbons (Fsp3) is 0.471. The molecule has 1 saturated heterocycles. The van der Waals surface area contributed by atoms with Crippen molar-refractivity contribution < 1.29 is 17.9 Å². The van der Waals surface area contributed by atoms with Crippen molar-refractivity contribution in [3.8, 4) is 0 Å². The van der Waals surface area contributed by atoms with Crippen molar-refractivity contribution in [3.63, 3.8) is 0 Å². The van der Waals surface area contributed by atoms with Gasteiger partial charge in [0, 0.05) is 56.1 Å². The molecule has 3 rings (SSSR count). The number of ether oxygens (including phenoxy) is 1. The van der Waals surface area contributed by atoms with Crippen LogP contribution in [0.2, 0.25) is 0 Å². The normalized spacial score (nSPS) is 24.2. The van der Waals surface area contributed by atoms with Crippen LogP contribution in [0, 0.1) is 5.41 Å². The molecule has 0 aliphatic carbocycles. The minimum Gasteiger partial charge on any atom is -0.471 e. The Morgan fingerprint density at radius 3 is 3.00 bits per heavy atom. The summed E-state index contributed by atoms with van der Waals surface area (Å²) in [7, 11) is 1.82. The van der Waals surface area contributed by atoms with Crippen LogP contribution < -0.4 is 10.6 Å². The first-order valence-corrected chi connectivity index (χ1v) is 9.48. The molecule has 0 radical (unpaired) electrons. The van der Waals surface area contributed by atoms with Crippen LogP contribution in [0.3, 0.4) is 0 Å². The number of aliphatic imine (C=N–C) groups is 1. The predicted octanol–water partition coefficient (Wildman–Crippen LogP) is 3.10. The fourth-order valence-electron chi connectivity index (χ4n) is 2.99. The van der Waals surface area contributed by atoms with Crippen molar-refractivity contribution >= 4 is 28.1 Å². The summed E-state index contributed by atoms with van der Waals surface area (Å²) in [5.74, 6) is 0.0609. The van der Waals surface area contributed by atoms with E-state index in [9.17, 15) is 13.2 Å². The first-order chi connectivity index (χ1) is 13.3. The number of hydrogen-bond donors (Lipinski definition) is 3. The van der Waals surface area contributed by atoms with Crippen molar-refractivity contribution in [2.45, 2.75) is 38.2 Å². The number of halogens is 3. The molecule has 2 aliphatic rings. The van der Waals surface area contributed by atoms with Crippen molar-refractivity contribution in [2.24, 2.45) is 4.99 Å². The van der Waals surface area contributed by atoms with Gasteiger partial charge in [0.1, 0.15) is 17.5 Å². The maximum Gasteiger partial charge on any atom is 0.432 e. The third-order valence-corrected chi connectivity index (χ3v) is 5.40. The quantitative estimate of drug-likeness (QED) is 0.645. The monoisotopic (exact) mass is 414 g/mol. The molecular formula is C17H21F3N6OS. The highest BCUT2D eigenvalue weighted by atomic mass is 32.1. The number of allylic oxidation sites excluding steroid dienone is 1. The second-order valence-electron chi connectivity index (χ2n) is 6.50. The average molecular weight is 414 g/mol. The van der Waals surface area contributed by atoms with Gasteiger partial charge in [-0.3, -0.25) is 10.3 Å². The predicted molar refractivity (Wildman–Crippen MR) is 103 cm³/mol. The highest BCUT2D eigenvalue weighted by Crippen LogP contribution is 2.27. The van der Waals surface area contributed by atoms with Gasteiger partial charge in [0.15, 0.2) is 5.13 Å². The van der Waals surface area contributed by atoms with Crippen LogP contribution in [0.5, 0.6) is 0 Å². The van der Waals surface area contributed by atoms with Crippen LogP contribution in [0.25, 0.3) is 0 Å². The van der Waals surface area contributed by atoms with Crippen molar-refractivity contribution in [1.82, 2.24) is 15.2 Å². The molecule has 0 aromatic carbocycles. The molecule has 2 aliphatic heterocycles. The standard InChI is InChI=1S/C17H21F3N6OS/c1-10-5-11(8-26(10)9-12-7-25-16(22-2)28-12)27-15-13(23-3-4-24-15)6-14(21)17(18,19)20/h3-4,6-7,10-11,21,23H,5,8-9H2,1-2H3,(H,22,25)/b13-6-,21-14?. The lowest BCUT2D eigenvalue weighted by Gasteiger charge is -2.20. The van der Waals surface area contributed by atoms with Gasteiger partial charge in [-0.15, -0.1) is 11.3 Å². The summed E-state index contributed by atoms with van der Waals surface area (Å²) >= 11 is 1.58. The Labute approximate surface area is 164 Å². The van der Waals surface area contributed by atoms with E-state index in [2.05, 4.69) is 32.4 Å². The van der Waals surface area contributed by atoms with Crippen molar-refractivity contribution in [3.05, 3.63) is 35.2 Å². The van der Waals surface area contributed by atoms with Gasteiger partial charge in [-0.25, -0.2) is 9.98 Å². The highest BCUT2D eigenvalue weighted by Gasteiger charge is 2.35. The van der Waals surface area contributed by atoms with E-state index in [1.165, 1.54) is 12.4 Å². The molecule has 0 saturated carbocycles. The molecule has 2 unspecified atom stereocenters. The maximum absolute atomic E-state index is 12.7. The molecule has 0 bridgehead atoms. The third-order valence-electron chi connectivity index (χ3n) is 4.40. The number of likely N-dealkylation sites (tertiary alicyclic amines) is 1. The number of alkyl halides is 3. The average Bonchev–Trinajstić information content (AvgIpc) is 3.22. The number of nitrogens with one attached hydrogen (secondary N) is 3. The van der Waals surface area contributed by atoms with Gasteiger partial charge in [-0.2, -0.15) is 13.2 Å². The Morgan fingerprint density at radius 2 is 2.32 bits per heavy atom. The summed E-state index contributed by atoms with van der Waals surface area (Å²) in [6, 6.07) is 0.249. The van der Waals surface area contributed by atoms with Crippen molar-refractivity contribution in [1.29, 1.82) is 5.41 Å². The number of rotatable bonds is 5. The molecule has 11 heteroatoms. The topological polar surface area (TPSA) is 85.6 Å². The highest BCUT2D eigenvalue weighted by molar-refractivity contribution is 7.15. The summed E-state index contributed by atoms with van der Waals surface area (Å²) in [5.41, 5.74) is -1.44. The zero-order valence-electron chi connectivity index (χ0n) is 15.4. The molecule has 28 heavy (non-hydrogen) atoms. The summed E-state index contributed by atoms with van der Waals surface area (Å²) in [5, 5.41) is 13.7. The van der Waals surface area contributed by atoms with Gasteiger partial charge >= 0.3 is 6.18 Å². The SMILES string of the molecule is CNc1ncc(CN2CC(OC3=NC=CN/C3=C\C(=N)C(F)(F)F)CC2C)s1. The molecule has 1 aromatic rings. The largest absolute Gasteiger partial charge is 0.471 e. The third kappa shape index (κ3) is 4.90. The molecule has 7 nitrogen and oxygen atoms in total. The van der Waals surface area contributed by atoms with Crippen LogP contribution in [0.1, 0.15) is 18.2 Å². The molecule has 3 heterocycles. The first kappa shape index (κ1) is 20.3. The van der Waals surface area contributed by atoms with Crippen LogP contribution >= 0.6 is 11.3 Å². The van der Waals surface area contributed by atoms with E-state index < -0.39 is 11.9 Å². The first-order valence-electron chi connectivity index (χ1n) is 8.66. The molecule has 3 N–H and O–H groups in total. The number of nitrogens with zero attached hydrogens (tertiary/aromatic N) is 3. The molecule has 0 spiro atoms. The summed E-state index contributed by atoms with van der Waals surface area (Å²) in [6.07, 6.45) is 1.13. The van der Waals surface area contributed by atoms with Gasteiger partial charge < -0.3 is 15.4 Å². The Hall–Kier alpha value is -2.40. The second kappa shape index (κ2) is 8.31. The van der Waals surface area contributed by atoms with E-state index in [0.717, 1.165) is 23.0 Å². The minimum absolute atomic E-state index is 0.0250. The maximum atomic E-state index is 12.7. The lowest BCUT2D eigenvalue weighted by Crippen LogP contribution is -2.30. The number of thiazole rings is 1. The lowest BCUT2D eigenvalue weighted by atomic mass is 10.2. The molecule has 1 aromatic heterocycles. The molecular weight excluding hydrogens is 393 g/mol. The number of anilines is 1. The lowest BCUT2D eigenvalue weighted by molar-refractivity contribution is -0.0584. The van der Waals surface area contributed by atoms with E-state index in [-0.39, 0.29) is 23.7 Å². The van der Waals surface area contributed by atoms with Gasteiger partial charge in [0.2, 0.25) is 5.90 Å². The number of aromatic nitrogens is 1. The summed E-state index contributed by atoms with van der Waals surface area (Å²) in [4.78, 5) is 11.7. The second-order valence-corrected chi connectivity index (χ2v) is 7.61. The van der Waals surface area contributed by atoms with E-state index in [0.29, 0.717) is 12.6 Å². The van der Waals surface area contributed by atoms with Crippen molar-refractivity contribution in [2.75, 3.05) is 18.9 Å². The zero-order chi connectivity index (χ0) is 20.3.